The first-order chi connectivity index (χ1) is 14.6. The lowest BCUT2D eigenvalue weighted by molar-refractivity contribution is 0.0461. The molecule has 2 heterocycles. The van der Waals surface area contributed by atoms with E-state index in [2.05, 4.69) is 34.6 Å². The number of carboxylic acid groups (broad SMARTS) is 1. The van der Waals surface area contributed by atoms with E-state index < -0.39 is 5.97 Å². The van der Waals surface area contributed by atoms with Gasteiger partial charge < -0.3 is 14.7 Å². The van der Waals surface area contributed by atoms with Gasteiger partial charge in [-0.25, -0.2) is 9.59 Å². The van der Waals surface area contributed by atoms with E-state index in [1.165, 1.54) is 33.1 Å². The number of hydrogen-bond donors (Lipinski definition) is 1. The van der Waals surface area contributed by atoms with E-state index in [1.807, 2.05) is 24.3 Å². The summed E-state index contributed by atoms with van der Waals surface area (Å²) in [5, 5.41) is 16.3. The normalized spacial score (nSPS) is 15.4. The molecule has 0 atom stereocenters. The quantitative estimate of drug-likeness (QED) is 0.702. The van der Waals surface area contributed by atoms with Gasteiger partial charge in [0.05, 0.1) is 6.20 Å². The summed E-state index contributed by atoms with van der Waals surface area (Å²) < 4.78 is 7.16. The zero-order valence-corrected chi connectivity index (χ0v) is 16.1. The Morgan fingerprint density at radius 2 is 1.67 bits per heavy atom. The maximum absolute atomic E-state index is 12.5. The van der Waals surface area contributed by atoms with Gasteiger partial charge in [-0.05, 0) is 22.3 Å². The number of aromatic carboxylic acids is 1. The minimum atomic E-state index is -1.10. The number of carboxylic acids is 1. The first-order valence-electron chi connectivity index (χ1n) is 9.83. The summed E-state index contributed by atoms with van der Waals surface area (Å²) in [6.07, 6.45) is 1.08. The first kappa shape index (κ1) is 18.4. The summed E-state index contributed by atoms with van der Waals surface area (Å²) in [6, 6.07) is 16.5. The molecule has 1 aromatic heterocycles. The fraction of sp³-hybridized carbons (Fsp3) is 0.273. The molecule has 5 rings (SSSR count). The lowest BCUT2D eigenvalue weighted by atomic mass is 9.98. The van der Waals surface area contributed by atoms with Gasteiger partial charge in [0.1, 0.15) is 6.61 Å². The van der Waals surface area contributed by atoms with Gasteiger partial charge in [0, 0.05) is 31.5 Å². The predicted molar refractivity (Wildman–Crippen MR) is 107 cm³/mol. The summed E-state index contributed by atoms with van der Waals surface area (Å²) in [4.78, 5) is 25.0. The predicted octanol–water partition coefficient (Wildman–Crippen LogP) is 2.86. The Balaban J connectivity index is 1.17. The molecule has 152 valence electrons. The number of carbonyl (C=O) groups excluding carboxylic acids is 1. The van der Waals surface area contributed by atoms with Crippen LogP contribution in [0.2, 0.25) is 0 Å². The molecule has 30 heavy (non-hydrogen) atoms. The van der Waals surface area contributed by atoms with Crippen molar-refractivity contribution in [3.8, 4) is 11.1 Å². The molecule has 1 saturated heterocycles. The fourth-order valence-corrected chi connectivity index (χ4v) is 4.27. The molecular weight excluding hydrogens is 384 g/mol. The highest BCUT2D eigenvalue weighted by Crippen LogP contribution is 2.44. The van der Waals surface area contributed by atoms with E-state index in [0.29, 0.717) is 26.2 Å². The lowest BCUT2D eigenvalue weighted by Crippen LogP contribution is -2.51. The van der Waals surface area contributed by atoms with Crippen LogP contribution in [0.5, 0.6) is 0 Å². The Labute approximate surface area is 172 Å². The van der Waals surface area contributed by atoms with E-state index in [9.17, 15) is 9.59 Å². The second kappa shape index (κ2) is 7.29. The monoisotopic (exact) mass is 404 g/mol. The van der Waals surface area contributed by atoms with E-state index in [0.717, 1.165) is 0 Å². The van der Waals surface area contributed by atoms with Crippen molar-refractivity contribution in [1.29, 1.82) is 0 Å². The van der Waals surface area contributed by atoms with Crippen molar-refractivity contribution in [2.75, 3.05) is 19.7 Å². The third-order valence-electron chi connectivity index (χ3n) is 5.75. The van der Waals surface area contributed by atoms with Gasteiger partial charge in [-0.15, -0.1) is 5.10 Å². The molecule has 0 spiro atoms. The number of carbonyl (C=O) groups is 2. The van der Waals surface area contributed by atoms with Gasteiger partial charge in [0.15, 0.2) is 5.69 Å². The van der Waals surface area contributed by atoms with Crippen molar-refractivity contribution in [3.05, 3.63) is 71.5 Å². The van der Waals surface area contributed by atoms with E-state index >= 15 is 0 Å². The summed E-state index contributed by atoms with van der Waals surface area (Å²) in [5.41, 5.74) is 4.70. The molecule has 8 heteroatoms. The molecule has 0 unspecified atom stereocenters. The van der Waals surface area contributed by atoms with Crippen LogP contribution in [-0.4, -0.2) is 56.8 Å². The number of fused-ring (bicyclic) bond motifs is 3. The number of nitrogens with zero attached hydrogens (tertiary/aromatic N) is 4. The smallest absolute Gasteiger partial charge is 0.409 e. The van der Waals surface area contributed by atoms with Gasteiger partial charge in [0.25, 0.3) is 0 Å². The van der Waals surface area contributed by atoms with Gasteiger partial charge in [-0.1, -0.05) is 53.7 Å². The zero-order valence-electron chi connectivity index (χ0n) is 16.1. The highest BCUT2D eigenvalue weighted by atomic mass is 16.6. The van der Waals surface area contributed by atoms with Crippen LogP contribution >= 0.6 is 0 Å². The van der Waals surface area contributed by atoms with Gasteiger partial charge in [0.2, 0.25) is 0 Å². The molecule has 1 fully saturated rings. The van der Waals surface area contributed by atoms with Crippen LogP contribution in [0, 0.1) is 5.92 Å². The fourth-order valence-electron chi connectivity index (χ4n) is 4.27. The highest BCUT2D eigenvalue weighted by Gasteiger charge is 2.34. The molecule has 0 radical (unpaired) electrons. The van der Waals surface area contributed by atoms with Gasteiger partial charge in [-0.2, -0.15) is 0 Å². The Hall–Kier alpha value is -3.68. The minimum Gasteiger partial charge on any atom is -0.476 e. The Kier molecular flexibility index (Phi) is 4.46. The standard InChI is InChI=1S/C22H20N4O4/c27-21(28)20-12-26(24-23-20)11-14-9-25(10-14)22(29)30-13-19-17-7-3-1-5-15(17)16-6-2-4-8-18(16)19/h1-8,12,14,19H,9-11,13H2,(H,27,28). The third-order valence-corrected chi connectivity index (χ3v) is 5.75. The Morgan fingerprint density at radius 1 is 1.03 bits per heavy atom. The van der Waals surface area contributed by atoms with Crippen molar-refractivity contribution in [2.45, 2.75) is 12.5 Å². The van der Waals surface area contributed by atoms with E-state index in [1.54, 1.807) is 4.90 Å². The van der Waals surface area contributed by atoms with Crippen LogP contribution in [-0.2, 0) is 11.3 Å². The topological polar surface area (TPSA) is 97.5 Å². The molecule has 1 aliphatic carbocycles. The molecule has 0 saturated carbocycles. The van der Waals surface area contributed by atoms with Gasteiger partial charge >= 0.3 is 12.1 Å². The summed E-state index contributed by atoms with van der Waals surface area (Å²) in [7, 11) is 0. The molecule has 1 amide bonds. The second-order valence-electron chi connectivity index (χ2n) is 7.71. The zero-order chi connectivity index (χ0) is 20.7. The number of likely N-dealkylation sites (tertiary alicyclic amines) is 1. The molecule has 1 N–H and O–H groups in total. The Bertz CT molecular complexity index is 1070. The summed E-state index contributed by atoms with van der Waals surface area (Å²) in [6.45, 7) is 1.93. The first-order valence-corrected chi connectivity index (χ1v) is 9.83. The number of rotatable bonds is 5. The minimum absolute atomic E-state index is 0.0445. The van der Waals surface area contributed by atoms with Crippen molar-refractivity contribution in [2.24, 2.45) is 5.92 Å². The van der Waals surface area contributed by atoms with Crippen LogP contribution in [0.3, 0.4) is 0 Å². The number of benzene rings is 2. The lowest BCUT2D eigenvalue weighted by Gasteiger charge is -2.38. The molecule has 0 bridgehead atoms. The van der Waals surface area contributed by atoms with E-state index in [4.69, 9.17) is 9.84 Å². The second-order valence-corrected chi connectivity index (χ2v) is 7.71. The molecular formula is C22H20N4O4. The molecule has 3 aromatic rings. The van der Waals surface area contributed by atoms with Gasteiger partial charge in [-0.3, -0.25) is 4.68 Å². The molecule has 2 aromatic carbocycles. The van der Waals surface area contributed by atoms with Crippen LogP contribution in [0.4, 0.5) is 4.79 Å². The van der Waals surface area contributed by atoms with Crippen LogP contribution < -0.4 is 0 Å². The highest BCUT2D eigenvalue weighted by molar-refractivity contribution is 5.84. The number of hydrogen-bond acceptors (Lipinski definition) is 5. The van der Waals surface area contributed by atoms with Crippen molar-refractivity contribution in [1.82, 2.24) is 19.9 Å². The molecule has 8 nitrogen and oxygen atoms in total. The van der Waals surface area contributed by atoms with Crippen molar-refractivity contribution in [3.63, 3.8) is 0 Å². The third kappa shape index (κ3) is 3.20. The summed E-state index contributed by atoms with van der Waals surface area (Å²) in [5.74, 6) is -0.855. The maximum atomic E-state index is 12.5. The average Bonchev–Trinajstić information content (AvgIpc) is 3.32. The number of aromatic nitrogens is 3. The Morgan fingerprint density at radius 3 is 2.27 bits per heavy atom. The van der Waals surface area contributed by atoms with Crippen molar-refractivity contribution >= 4 is 12.1 Å². The van der Waals surface area contributed by atoms with Crippen LogP contribution in [0.25, 0.3) is 11.1 Å². The molecule has 2 aliphatic rings. The maximum Gasteiger partial charge on any atom is 0.409 e. The summed E-state index contributed by atoms with van der Waals surface area (Å²) >= 11 is 0. The number of ether oxygens (including phenoxy) is 1. The van der Waals surface area contributed by atoms with Crippen LogP contribution in [0.1, 0.15) is 27.5 Å². The van der Waals surface area contributed by atoms with Crippen LogP contribution in [0.15, 0.2) is 54.7 Å². The van der Waals surface area contributed by atoms with Crippen molar-refractivity contribution < 1.29 is 19.4 Å². The molecule has 1 aliphatic heterocycles. The number of amides is 1. The average molecular weight is 404 g/mol. The largest absolute Gasteiger partial charge is 0.476 e. The SMILES string of the molecule is O=C(O)c1cn(CC2CN(C(=O)OCC3c4ccccc4-c4ccccc43)C2)nn1. The van der Waals surface area contributed by atoms with E-state index in [-0.39, 0.29) is 23.6 Å².